The molecule has 4 heteroatoms. The van der Waals surface area contributed by atoms with E-state index in [2.05, 4.69) is 0 Å². The molecule has 0 aromatic rings. The van der Waals surface area contributed by atoms with Gasteiger partial charge in [0.1, 0.15) is 9.84 Å². The van der Waals surface area contributed by atoms with E-state index in [4.69, 9.17) is 0 Å². The van der Waals surface area contributed by atoms with Crippen LogP contribution in [-0.2, 0) is 9.84 Å². The molecular formula is C10H20O3S. The molecule has 84 valence electrons. The first-order chi connectivity index (χ1) is 6.47. The Kier molecular flexibility index (Phi) is 4.38. The van der Waals surface area contributed by atoms with Gasteiger partial charge in [-0.2, -0.15) is 0 Å². The van der Waals surface area contributed by atoms with E-state index in [0.717, 1.165) is 6.42 Å². The average Bonchev–Trinajstić information content (AvgIpc) is 1.94. The van der Waals surface area contributed by atoms with Gasteiger partial charge in [0.15, 0.2) is 0 Å². The van der Waals surface area contributed by atoms with Crippen molar-refractivity contribution in [3.63, 3.8) is 0 Å². The number of sulfone groups is 1. The van der Waals surface area contributed by atoms with Crippen molar-refractivity contribution < 1.29 is 13.5 Å². The van der Waals surface area contributed by atoms with Gasteiger partial charge in [0.05, 0.1) is 6.10 Å². The van der Waals surface area contributed by atoms with Crippen molar-refractivity contribution in [1.82, 2.24) is 0 Å². The molecule has 1 aliphatic carbocycles. The van der Waals surface area contributed by atoms with Crippen LogP contribution in [0.15, 0.2) is 0 Å². The molecule has 1 unspecified atom stereocenters. The van der Waals surface area contributed by atoms with Gasteiger partial charge in [-0.3, -0.25) is 0 Å². The molecule has 1 aliphatic rings. The summed E-state index contributed by atoms with van der Waals surface area (Å²) in [6, 6.07) is 0. The first kappa shape index (κ1) is 12.0. The van der Waals surface area contributed by atoms with Gasteiger partial charge in [0.25, 0.3) is 0 Å². The summed E-state index contributed by atoms with van der Waals surface area (Å²) >= 11 is 0. The third kappa shape index (κ3) is 4.96. The van der Waals surface area contributed by atoms with Gasteiger partial charge >= 0.3 is 0 Å². The van der Waals surface area contributed by atoms with Gasteiger partial charge < -0.3 is 5.11 Å². The smallest absolute Gasteiger partial charge is 0.147 e. The second kappa shape index (κ2) is 5.12. The Bertz CT molecular complexity index is 255. The molecule has 1 fully saturated rings. The summed E-state index contributed by atoms with van der Waals surface area (Å²) in [5.41, 5.74) is 0. The lowest BCUT2D eigenvalue weighted by atomic mass is 9.81. The van der Waals surface area contributed by atoms with Crippen molar-refractivity contribution >= 4 is 9.84 Å². The maximum Gasteiger partial charge on any atom is 0.147 e. The summed E-state index contributed by atoms with van der Waals surface area (Å²) in [6.45, 7) is 0. The van der Waals surface area contributed by atoms with Crippen LogP contribution in [0.3, 0.4) is 0 Å². The van der Waals surface area contributed by atoms with Crippen molar-refractivity contribution in [2.75, 3.05) is 12.0 Å². The molecule has 1 rings (SSSR count). The van der Waals surface area contributed by atoms with Crippen LogP contribution in [-0.4, -0.2) is 31.6 Å². The largest absolute Gasteiger partial charge is 0.393 e. The highest BCUT2D eigenvalue weighted by molar-refractivity contribution is 7.90. The third-order valence-corrected chi connectivity index (χ3v) is 3.91. The van der Waals surface area contributed by atoms with Crippen molar-refractivity contribution in [2.24, 2.45) is 5.92 Å². The van der Waals surface area contributed by atoms with E-state index in [-0.39, 0.29) is 11.9 Å². The zero-order valence-electron chi connectivity index (χ0n) is 8.78. The Morgan fingerprint density at radius 1 is 1.43 bits per heavy atom. The summed E-state index contributed by atoms with van der Waals surface area (Å²) in [5, 5.41) is 9.59. The minimum atomic E-state index is -2.85. The number of hydrogen-bond donors (Lipinski definition) is 1. The second-order valence-electron chi connectivity index (χ2n) is 4.46. The minimum Gasteiger partial charge on any atom is -0.393 e. The molecular weight excluding hydrogens is 200 g/mol. The summed E-state index contributed by atoms with van der Waals surface area (Å²) in [5.74, 6) is 0.901. The van der Waals surface area contributed by atoms with Crippen LogP contribution in [0.5, 0.6) is 0 Å². The summed E-state index contributed by atoms with van der Waals surface area (Å²) in [6.07, 6.45) is 6.81. The predicted octanol–water partition coefficient (Wildman–Crippen LogP) is 1.36. The minimum absolute atomic E-state index is 0.203. The fourth-order valence-corrected chi connectivity index (χ4v) is 2.50. The molecule has 0 saturated heterocycles. The molecule has 1 saturated carbocycles. The van der Waals surface area contributed by atoms with Crippen LogP contribution in [0.4, 0.5) is 0 Å². The van der Waals surface area contributed by atoms with Crippen molar-refractivity contribution in [3.8, 4) is 0 Å². The first-order valence-corrected chi connectivity index (χ1v) is 7.39. The Labute approximate surface area is 86.4 Å². The number of rotatable bonds is 6. The lowest BCUT2D eigenvalue weighted by Crippen LogP contribution is -2.19. The van der Waals surface area contributed by atoms with Crippen molar-refractivity contribution in [3.05, 3.63) is 0 Å². The van der Waals surface area contributed by atoms with Gasteiger partial charge in [-0.1, -0.05) is 19.3 Å². The van der Waals surface area contributed by atoms with Gasteiger partial charge in [0.2, 0.25) is 0 Å². The van der Waals surface area contributed by atoms with Crippen LogP contribution < -0.4 is 0 Å². The Morgan fingerprint density at radius 2 is 2.07 bits per heavy atom. The fourth-order valence-electron chi connectivity index (χ4n) is 1.81. The molecule has 1 atom stereocenters. The monoisotopic (exact) mass is 220 g/mol. The van der Waals surface area contributed by atoms with Crippen molar-refractivity contribution in [1.29, 1.82) is 0 Å². The molecule has 0 aromatic heterocycles. The molecule has 3 nitrogen and oxygen atoms in total. The molecule has 0 amide bonds. The van der Waals surface area contributed by atoms with E-state index < -0.39 is 9.84 Å². The second-order valence-corrected chi connectivity index (χ2v) is 6.72. The van der Waals surface area contributed by atoms with Crippen LogP contribution in [0.1, 0.15) is 38.5 Å². The number of aliphatic hydroxyl groups excluding tert-OH is 1. The fraction of sp³-hybridized carbons (Fsp3) is 1.00. The van der Waals surface area contributed by atoms with Gasteiger partial charge in [0, 0.05) is 12.0 Å². The Balaban J connectivity index is 2.05. The van der Waals surface area contributed by atoms with E-state index in [1.165, 1.54) is 25.5 Å². The van der Waals surface area contributed by atoms with Crippen LogP contribution in [0.2, 0.25) is 0 Å². The Hall–Kier alpha value is -0.0900. The van der Waals surface area contributed by atoms with Crippen LogP contribution in [0.25, 0.3) is 0 Å². The topological polar surface area (TPSA) is 54.4 Å². The average molecular weight is 220 g/mol. The molecule has 1 N–H and O–H groups in total. The lowest BCUT2D eigenvalue weighted by Gasteiger charge is -2.27. The standard InChI is InChI=1S/C10H20O3S/c1-14(12,13)7-3-6-10(11)8-9-4-2-5-9/h9-11H,2-8H2,1H3. The van der Waals surface area contributed by atoms with Crippen LogP contribution in [0, 0.1) is 5.92 Å². The highest BCUT2D eigenvalue weighted by Crippen LogP contribution is 2.31. The highest BCUT2D eigenvalue weighted by atomic mass is 32.2. The van der Waals surface area contributed by atoms with Crippen LogP contribution >= 0.6 is 0 Å². The molecule has 0 aromatic carbocycles. The maximum absolute atomic E-state index is 10.8. The van der Waals surface area contributed by atoms with Gasteiger partial charge in [-0.15, -0.1) is 0 Å². The van der Waals surface area contributed by atoms with E-state index in [9.17, 15) is 13.5 Å². The van der Waals surface area contributed by atoms with Gasteiger partial charge in [-0.05, 0) is 25.2 Å². The summed E-state index contributed by atoms with van der Waals surface area (Å²) in [4.78, 5) is 0. The molecule has 0 bridgehead atoms. The number of hydrogen-bond acceptors (Lipinski definition) is 3. The molecule has 0 spiro atoms. The Morgan fingerprint density at radius 3 is 2.50 bits per heavy atom. The highest BCUT2D eigenvalue weighted by Gasteiger charge is 2.20. The zero-order chi connectivity index (χ0) is 10.6. The van der Waals surface area contributed by atoms with E-state index in [1.807, 2.05) is 0 Å². The van der Waals surface area contributed by atoms with E-state index in [0.29, 0.717) is 18.8 Å². The predicted molar refractivity (Wildman–Crippen MR) is 56.9 cm³/mol. The third-order valence-electron chi connectivity index (χ3n) is 2.88. The SMILES string of the molecule is CS(=O)(=O)CCCC(O)CC1CCC1. The van der Waals surface area contributed by atoms with Gasteiger partial charge in [-0.25, -0.2) is 8.42 Å². The summed E-state index contributed by atoms with van der Waals surface area (Å²) in [7, 11) is -2.85. The normalized spacial score (nSPS) is 20.4. The van der Waals surface area contributed by atoms with E-state index >= 15 is 0 Å². The number of aliphatic hydroxyl groups is 1. The zero-order valence-corrected chi connectivity index (χ0v) is 9.59. The first-order valence-electron chi connectivity index (χ1n) is 5.33. The lowest BCUT2D eigenvalue weighted by molar-refractivity contribution is 0.109. The molecule has 0 heterocycles. The maximum atomic E-state index is 10.8. The molecule has 0 radical (unpaired) electrons. The van der Waals surface area contributed by atoms with Crippen molar-refractivity contribution in [2.45, 2.75) is 44.6 Å². The molecule has 0 aliphatic heterocycles. The quantitative estimate of drug-likeness (QED) is 0.735. The summed E-state index contributed by atoms with van der Waals surface area (Å²) < 4.78 is 21.6. The molecule has 14 heavy (non-hydrogen) atoms. The van der Waals surface area contributed by atoms with E-state index in [1.54, 1.807) is 0 Å².